The molecule has 10 heteroatoms. The molecule has 2 N–H and O–H groups in total. The molecule has 1 saturated heterocycles. The maximum absolute atomic E-state index is 12.8. The fourth-order valence-corrected chi connectivity index (χ4v) is 4.11. The molecule has 1 aromatic rings. The van der Waals surface area contributed by atoms with Crippen LogP contribution in [0.3, 0.4) is 0 Å². The zero-order chi connectivity index (χ0) is 25.2. The molecule has 1 fully saturated rings. The number of amides is 1. The monoisotopic (exact) mass is 504 g/mol. The first-order valence-electron chi connectivity index (χ1n) is 11.5. The van der Waals surface area contributed by atoms with Crippen LogP contribution >= 0.6 is 11.6 Å². The number of hydrogen-bond donors (Lipinski definition) is 2. The highest BCUT2D eigenvalue weighted by molar-refractivity contribution is 6.34. The first kappa shape index (κ1) is 26.4. The number of phenols is 1. The molecule has 1 amide bonds. The van der Waals surface area contributed by atoms with E-state index in [0.29, 0.717) is 25.8 Å². The average molecular weight is 505 g/mol. The maximum atomic E-state index is 12.8. The number of aromatic hydroxyl groups is 1. The predicted octanol–water partition coefficient (Wildman–Crippen LogP) is 3.21. The summed E-state index contributed by atoms with van der Waals surface area (Å²) >= 11 is 6.33. The third kappa shape index (κ3) is 7.40. The minimum atomic E-state index is -0.778. The molecule has 0 radical (unpaired) electrons. The van der Waals surface area contributed by atoms with Gasteiger partial charge in [-0.25, -0.2) is 4.79 Å². The highest BCUT2D eigenvalue weighted by atomic mass is 35.5. The highest BCUT2D eigenvalue weighted by Gasteiger charge is 2.24. The number of allylic oxidation sites excluding steroid dienone is 1. The number of nitrogens with zero attached hydrogens (tertiary/aromatic N) is 2. The molecule has 1 aromatic carbocycles. The lowest BCUT2D eigenvalue weighted by Gasteiger charge is -2.26. The lowest BCUT2D eigenvalue weighted by Crippen LogP contribution is -2.37. The summed E-state index contributed by atoms with van der Waals surface area (Å²) in [5.74, 6) is -1.33. The number of ether oxygens (including phenoxy) is 1. The number of hydrogen-bond acceptors (Lipinski definition) is 8. The van der Waals surface area contributed by atoms with Crippen LogP contribution in [0.1, 0.15) is 58.4 Å². The molecule has 0 saturated carbocycles. The van der Waals surface area contributed by atoms with Crippen molar-refractivity contribution in [1.29, 1.82) is 0 Å². The number of cyclic esters (lactones) is 1. The second kappa shape index (κ2) is 13.1. The molecule has 9 nitrogen and oxygen atoms in total. The number of oxime groups is 1. The third-order valence-electron chi connectivity index (χ3n) is 5.70. The molecule has 3 rings (SSSR count). The Kier molecular flexibility index (Phi) is 9.86. The van der Waals surface area contributed by atoms with Gasteiger partial charge in [0.25, 0.3) is 5.91 Å². The van der Waals surface area contributed by atoms with Gasteiger partial charge < -0.3 is 24.7 Å². The van der Waals surface area contributed by atoms with Gasteiger partial charge in [0, 0.05) is 25.1 Å². The van der Waals surface area contributed by atoms with Gasteiger partial charge >= 0.3 is 5.97 Å². The van der Waals surface area contributed by atoms with E-state index in [0.717, 1.165) is 25.3 Å². The van der Waals surface area contributed by atoms with Crippen molar-refractivity contribution in [3.8, 4) is 5.75 Å². The Morgan fingerprint density at radius 2 is 2.06 bits per heavy atom. The van der Waals surface area contributed by atoms with E-state index in [1.165, 1.54) is 0 Å². The topological polar surface area (TPSA) is 126 Å². The molecule has 188 valence electrons. The largest absolute Gasteiger partial charge is 0.506 e. The number of benzene rings is 1. The zero-order valence-corrected chi connectivity index (χ0v) is 20.1. The number of piperidine rings is 1. The van der Waals surface area contributed by atoms with E-state index in [4.69, 9.17) is 21.2 Å². The SMILES string of the molecule is O=Cc1cc(O)c(Cl)c2c1C(=O)OCC/C=C/C(O)C/C=C/C(=N/OCC(=O)N1CCCCC1)C2. The molecular weight excluding hydrogens is 476 g/mol. The maximum Gasteiger partial charge on any atom is 0.339 e. The van der Waals surface area contributed by atoms with Crippen molar-refractivity contribution in [3.05, 3.63) is 52.1 Å². The molecule has 0 spiro atoms. The standard InChI is InChI=1S/C25H29ClN2O7/c26-24-20-14-18(27-35-16-22(32)28-10-3-1-4-11-28)7-6-9-19(30)8-2-5-12-34-25(33)23(20)17(15-29)13-21(24)31/h2,6-8,13,15,19,30-31H,1,3-5,9-12,14,16H2/b7-6+,8-2+,27-18-. The minimum absolute atomic E-state index is 0.0246. The number of aliphatic hydroxyl groups excluding tert-OH is 1. The van der Waals surface area contributed by atoms with Gasteiger partial charge in [-0.3, -0.25) is 9.59 Å². The smallest absolute Gasteiger partial charge is 0.339 e. The third-order valence-corrected chi connectivity index (χ3v) is 6.13. The number of fused-ring (bicyclic) bond motifs is 1. The van der Waals surface area contributed by atoms with Gasteiger partial charge in [0.1, 0.15) is 5.75 Å². The number of aldehydes is 1. The summed E-state index contributed by atoms with van der Waals surface area (Å²) < 4.78 is 5.29. The van der Waals surface area contributed by atoms with Gasteiger partial charge in [0.15, 0.2) is 12.9 Å². The van der Waals surface area contributed by atoms with E-state index in [1.54, 1.807) is 29.2 Å². The number of carbonyl (C=O) groups is 3. The summed E-state index contributed by atoms with van der Waals surface area (Å²) in [6.45, 7) is 1.13. The Labute approximate surface area is 208 Å². The number of phenolic OH excluding ortho intramolecular Hbond substituents is 1. The van der Waals surface area contributed by atoms with E-state index in [1.807, 2.05) is 0 Å². The number of likely N-dealkylation sites (tertiary alicyclic amines) is 1. The highest BCUT2D eigenvalue weighted by Crippen LogP contribution is 2.33. The van der Waals surface area contributed by atoms with Crippen molar-refractivity contribution in [2.75, 3.05) is 26.3 Å². The Balaban J connectivity index is 1.92. The van der Waals surface area contributed by atoms with Gasteiger partial charge in [-0.15, -0.1) is 0 Å². The molecular formula is C25H29ClN2O7. The van der Waals surface area contributed by atoms with Crippen molar-refractivity contribution in [3.63, 3.8) is 0 Å². The molecule has 0 aliphatic carbocycles. The van der Waals surface area contributed by atoms with Crippen LogP contribution in [0.15, 0.2) is 35.5 Å². The number of rotatable bonds is 4. The van der Waals surface area contributed by atoms with E-state index in [2.05, 4.69) is 5.16 Å². The lowest BCUT2D eigenvalue weighted by molar-refractivity contribution is -0.137. The van der Waals surface area contributed by atoms with E-state index in [9.17, 15) is 24.6 Å². The summed E-state index contributed by atoms with van der Waals surface area (Å²) in [5.41, 5.74) is 0.258. The van der Waals surface area contributed by atoms with Crippen molar-refractivity contribution < 1.29 is 34.2 Å². The molecule has 35 heavy (non-hydrogen) atoms. The van der Waals surface area contributed by atoms with Crippen molar-refractivity contribution in [2.24, 2.45) is 5.16 Å². The van der Waals surface area contributed by atoms with Crippen LogP contribution in [0.2, 0.25) is 5.02 Å². The second-order valence-electron chi connectivity index (χ2n) is 8.30. The molecule has 2 aliphatic rings. The van der Waals surface area contributed by atoms with Crippen LogP contribution in [0.4, 0.5) is 0 Å². The lowest BCUT2D eigenvalue weighted by atomic mass is 9.96. The van der Waals surface area contributed by atoms with Crippen molar-refractivity contribution in [1.82, 2.24) is 4.90 Å². The molecule has 2 heterocycles. The fraction of sp³-hybridized carbons (Fsp3) is 0.440. The first-order valence-corrected chi connectivity index (χ1v) is 11.9. The van der Waals surface area contributed by atoms with E-state index < -0.39 is 12.1 Å². The van der Waals surface area contributed by atoms with Crippen molar-refractivity contribution >= 4 is 35.5 Å². The Bertz CT molecular complexity index is 1030. The fourth-order valence-electron chi connectivity index (χ4n) is 3.90. The van der Waals surface area contributed by atoms with E-state index >= 15 is 0 Å². The van der Waals surface area contributed by atoms with Gasteiger partial charge in [0.2, 0.25) is 0 Å². The van der Waals surface area contributed by atoms with Crippen LogP contribution in [-0.4, -0.2) is 71.4 Å². The first-order chi connectivity index (χ1) is 16.9. The average Bonchev–Trinajstić information content (AvgIpc) is 2.85. The van der Waals surface area contributed by atoms with E-state index in [-0.39, 0.29) is 65.1 Å². The zero-order valence-electron chi connectivity index (χ0n) is 19.3. The molecule has 0 bridgehead atoms. The van der Waals surface area contributed by atoms with Gasteiger partial charge in [-0.05, 0) is 49.8 Å². The number of halogens is 1. The Morgan fingerprint density at radius 3 is 2.80 bits per heavy atom. The van der Waals surface area contributed by atoms with Crippen molar-refractivity contribution in [2.45, 2.75) is 44.6 Å². The summed E-state index contributed by atoms with van der Waals surface area (Å²) in [6, 6.07) is 1.11. The van der Waals surface area contributed by atoms with Crippen LogP contribution in [0.25, 0.3) is 0 Å². The minimum Gasteiger partial charge on any atom is -0.506 e. The Hall–Kier alpha value is -3.17. The summed E-state index contributed by atoms with van der Waals surface area (Å²) in [4.78, 5) is 44.0. The summed E-state index contributed by atoms with van der Waals surface area (Å²) in [7, 11) is 0. The quantitative estimate of drug-likeness (QED) is 0.279. The normalized spacial score (nSPS) is 22.5. The number of aliphatic hydroxyl groups is 1. The summed E-state index contributed by atoms with van der Waals surface area (Å²) in [5, 5.41) is 24.3. The van der Waals surface area contributed by atoms with Gasteiger partial charge in [0.05, 0.1) is 29.0 Å². The van der Waals surface area contributed by atoms with Gasteiger partial charge in [-0.1, -0.05) is 35.0 Å². The van der Waals surface area contributed by atoms with Gasteiger partial charge in [-0.2, -0.15) is 0 Å². The molecule has 2 aliphatic heterocycles. The second-order valence-corrected chi connectivity index (χ2v) is 8.68. The van der Waals surface area contributed by atoms with Crippen LogP contribution in [0.5, 0.6) is 5.75 Å². The van der Waals surface area contributed by atoms with Crippen LogP contribution in [0, 0.1) is 0 Å². The Morgan fingerprint density at radius 1 is 1.29 bits per heavy atom. The number of carbonyl (C=O) groups excluding carboxylic acids is 3. The molecule has 1 unspecified atom stereocenters. The molecule has 0 aromatic heterocycles. The van der Waals surface area contributed by atoms with Crippen LogP contribution < -0.4 is 0 Å². The predicted molar refractivity (Wildman–Crippen MR) is 130 cm³/mol. The molecule has 1 atom stereocenters. The summed E-state index contributed by atoms with van der Waals surface area (Å²) in [6.07, 6.45) is 9.76. The van der Waals surface area contributed by atoms with Crippen LogP contribution in [-0.2, 0) is 20.8 Å². The number of esters is 1.